The Bertz CT molecular complexity index is 440. The predicted molar refractivity (Wildman–Crippen MR) is 67.1 cm³/mol. The molecule has 3 nitrogen and oxygen atoms in total. The molecule has 2 N–H and O–H groups in total. The van der Waals surface area contributed by atoms with Crippen LogP contribution in [0.1, 0.15) is 16.8 Å². The second kappa shape index (κ2) is 6.13. The smallest absolute Gasteiger partial charge is 0.0736 e. The van der Waals surface area contributed by atoms with E-state index in [1.807, 2.05) is 36.5 Å². The van der Waals surface area contributed by atoms with Crippen LogP contribution in [0.5, 0.6) is 0 Å². The van der Waals surface area contributed by atoms with E-state index in [2.05, 4.69) is 17.1 Å². The summed E-state index contributed by atoms with van der Waals surface area (Å²) in [5.74, 6) is 0. The lowest BCUT2D eigenvalue weighted by molar-refractivity contribution is 0.107. The number of aromatic nitrogens is 1. The summed E-state index contributed by atoms with van der Waals surface area (Å²) >= 11 is 0. The Morgan fingerprint density at radius 2 is 1.71 bits per heavy atom. The largest absolute Gasteiger partial charge is 0.372 e. The van der Waals surface area contributed by atoms with Gasteiger partial charge in [-0.15, -0.1) is 0 Å². The fourth-order valence-electron chi connectivity index (χ4n) is 1.52. The molecule has 17 heavy (non-hydrogen) atoms. The summed E-state index contributed by atoms with van der Waals surface area (Å²) in [5, 5.41) is 0. The molecule has 88 valence electrons. The third kappa shape index (κ3) is 3.66. The lowest BCUT2D eigenvalue weighted by Crippen LogP contribution is -2.00. The van der Waals surface area contributed by atoms with Gasteiger partial charge in [-0.3, -0.25) is 4.98 Å². The molecular weight excluding hydrogens is 212 g/mol. The van der Waals surface area contributed by atoms with Crippen molar-refractivity contribution in [2.45, 2.75) is 19.8 Å². The number of ether oxygens (including phenoxy) is 1. The van der Waals surface area contributed by atoms with Crippen LogP contribution in [-0.4, -0.2) is 4.98 Å². The standard InChI is InChI=1S/C14H16N2O/c15-8-14-7-6-13(9-16-14)11-17-10-12-4-2-1-3-5-12/h1-7,9H,8,10-11,15H2. The molecule has 0 amide bonds. The van der Waals surface area contributed by atoms with Gasteiger partial charge in [0, 0.05) is 12.7 Å². The molecule has 1 aromatic heterocycles. The number of nitrogens with two attached hydrogens (primary N) is 1. The second-order valence-corrected chi connectivity index (χ2v) is 3.84. The number of pyridine rings is 1. The molecule has 2 rings (SSSR count). The zero-order valence-corrected chi connectivity index (χ0v) is 9.67. The fourth-order valence-corrected chi connectivity index (χ4v) is 1.52. The van der Waals surface area contributed by atoms with Crippen molar-refractivity contribution in [3.63, 3.8) is 0 Å². The van der Waals surface area contributed by atoms with E-state index < -0.39 is 0 Å². The van der Waals surface area contributed by atoms with Gasteiger partial charge < -0.3 is 10.5 Å². The van der Waals surface area contributed by atoms with Crippen molar-refractivity contribution in [3.05, 3.63) is 65.5 Å². The average molecular weight is 228 g/mol. The van der Waals surface area contributed by atoms with Gasteiger partial charge in [-0.25, -0.2) is 0 Å². The summed E-state index contributed by atoms with van der Waals surface area (Å²) < 4.78 is 5.61. The number of rotatable bonds is 5. The Hall–Kier alpha value is -1.71. The third-order valence-electron chi connectivity index (χ3n) is 2.48. The molecule has 0 aliphatic carbocycles. The van der Waals surface area contributed by atoms with E-state index in [4.69, 9.17) is 10.5 Å². The molecule has 0 saturated heterocycles. The number of nitrogens with zero attached hydrogens (tertiary/aromatic N) is 1. The highest BCUT2D eigenvalue weighted by atomic mass is 16.5. The Balaban J connectivity index is 1.82. The molecular formula is C14H16N2O. The average Bonchev–Trinajstić information content (AvgIpc) is 2.41. The van der Waals surface area contributed by atoms with Crippen molar-refractivity contribution in [2.24, 2.45) is 5.73 Å². The minimum Gasteiger partial charge on any atom is -0.372 e. The SMILES string of the molecule is NCc1ccc(COCc2ccccc2)cn1. The Morgan fingerprint density at radius 1 is 0.941 bits per heavy atom. The lowest BCUT2D eigenvalue weighted by atomic mass is 10.2. The van der Waals surface area contributed by atoms with Crippen LogP contribution in [0.2, 0.25) is 0 Å². The second-order valence-electron chi connectivity index (χ2n) is 3.84. The van der Waals surface area contributed by atoms with Gasteiger partial charge in [0.05, 0.1) is 18.9 Å². The maximum atomic E-state index is 5.61. The highest BCUT2D eigenvalue weighted by Crippen LogP contribution is 2.05. The summed E-state index contributed by atoms with van der Waals surface area (Å²) in [7, 11) is 0. The van der Waals surface area contributed by atoms with Gasteiger partial charge in [-0.1, -0.05) is 36.4 Å². The minimum atomic E-state index is 0.477. The highest BCUT2D eigenvalue weighted by molar-refractivity contribution is 5.15. The van der Waals surface area contributed by atoms with Gasteiger partial charge >= 0.3 is 0 Å². The first-order valence-corrected chi connectivity index (χ1v) is 5.64. The minimum absolute atomic E-state index is 0.477. The van der Waals surface area contributed by atoms with Gasteiger partial charge in [-0.2, -0.15) is 0 Å². The van der Waals surface area contributed by atoms with Crippen LogP contribution in [0.4, 0.5) is 0 Å². The van der Waals surface area contributed by atoms with Crippen molar-refractivity contribution < 1.29 is 4.74 Å². The monoisotopic (exact) mass is 228 g/mol. The number of hydrogen-bond donors (Lipinski definition) is 1. The first-order chi connectivity index (χ1) is 8.38. The van der Waals surface area contributed by atoms with E-state index in [9.17, 15) is 0 Å². The zero-order valence-electron chi connectivity index (χ0n) is 9.67. The Morgan fingerprint density at radius 3 is 2.35 bits per heavy atom. The first kappa shape index (κ1) is 11.8. The molecule has 1 aromatic carbocycles. The van der Waals surface area contributed by atoms with Gasteiger partial charge in [0.2, 0.25) is 0 Å². The van der Waals surface area contributed by atoms with Crippen molar-refractivity contribution in [1.29, 1.82) is 0 Å². The van der Waals surface area contributed by atoms with E-state index in [0.29, 0.717) is 19.8 Å². The van der Waals surface area contributed by atoms with Crippen molar-refractivity contribution >= 4 is 0 Å². The number of hydrogen-bond acceptors (Lipinski definition) is 3. The van der Waals surface area contributed by atoms with Crippen LogP contribution in [0, 0.1) is 0 Å². The van der Waals surface area contributed by atoms with E-state index in [1.165, 1.54) is 5.56 Å². The van der Waals surface area contributed by atoms with Crippen molar-refractivity contribution in [3.8, 4) is 0 Å². The topological polar surface area (TPSA) is 48.1 Å². The molecule has 0 aliphatic heterocycles. The normalized spacial score (nSPS) is 10.4. The molecule has 0 bridgehead atoms. The summed E-state index contributed by atoms with van der Waals surface area (Å²) in [4.78, 5) is 4.22. The molecule has 0 atom stereocenters. The highest BCUT2D eigenvalue weighted by Gasteiger charge is 1.96. The summed E-state index contributed by atoms with van der Waals surface area (Å²) in [6, 6.07) is 14.1. The zero-order chi connectivity index (χ0) is 11.9. The summed E-state index contributed by atoms with van der Waals surface area (Å²) in [6.45, 7) is 1.68. The van der Waals surface area contributed by atoms with E-state index in [-0.39, 0.29) is 0 Å². The van der Waals surface area contributed by atoms with Crippen LogP contribution >= 0.6 is 0 Å². The van der Waals surface area contributed by atoms with E-state index >= 15 is 0 Å². The van der Waals surface area contributed by atoms with E-state index in [1.54, 1.807) is 0 Å². The van der Waals surface area contributed by atoms with Gasteiger partial charge in [0.1, 0.15) is 0 Å². The van der Waals surface area contributed by atoms with Crippen molar-refractivity contribution in [2.75, 3.05) is 0 Å². The molecule has 2 aromatic rings. The molecule has 0 spiro atoms. The molecule has 0 radical (unpaired) electrons. The third-order valence-corrected chi connectivity index (χ3v) is 2.48. The number of benzene rings is 1. The molecule has 0 saturated carbocycles. The fraction of sp³-hybridized carbons (Fsp3) is 0.214. The summed E-state index contributed by atoms with van der Waals surface area (Å²) in [5.41, 5.74) is 8.63. The van der Waals surface area contributed by atoms with Gasteiger partial charge in [0.25, 0.3) is 0 Å². The van der Waals surface area contributed by atoms with Crippen LogP contribution in [0.25, 0.3) is 0 Å². The van der Waals surface area contributed by atoms with Gasteiger partial charge in [0.15, 0.2) is 0 Å². The molecule has 0 unspecified atom stereocenters. The van der Waals surface area contributed by atoms with Gasteiger partial charge in [-0.05, 0) is 17.2 Å². The van der Waals surface area contributed by atoms with Crippen LogP contribution in [0.3, 0.4) is 0 Å². The Kier molecular flexibility index (Phi) is 4.24. The Labute approximate surface area is 101 Å². The van der Waals surface area contributed by atoms with Crippen LogP contribution < -0.4 is 5.73 Å². The lowest BCUT2D eigenvalue weighted by Gasteiger charge is -2.04. The van der Waals surface area contributed by atoms with Crippen LogP contribution in [0.15, 0.2) is 48.7 Å². The van der Waals surface area contributed by atoms with Crippen LogP contribution in [-0.2, 0) is 24.5 Å². The maximum Gasteiger partial charge on any atom is 0.0736 e. The quantitative estimate of drug-likeness (QED) is 0.854. The molecule has 0 aliphatic rings. The molecule has 1 heterocycles. The van der Waals surface area contributed by atoms with E-state index in [0.717, 1.165) is 11.3 Å². The molecule has 3 heteroatoms. The maximum absolute atomic E-state index is 5.61. The summed E-state index contributed by atoms with van der Waals surface area (Å²) in [6.07, 6.45) is 1.81. The van der Waals surface area contributed by atoms with Crippen molar-refractivity contribution in [1.82, 2.24) is 4.98 Å². The molecule has 0 fully saturated rings. The first-order valence-electron chi connectivity index (χ1n) is 5.64. The predicted octanol–water partition coefficient (Wildman–Crippen LogP) is 2.26.